The molecule has 0 radical (unpaired) electrons. The number of carbonyl (C=O) groups is 2. The zero-order valence-corrected chi connectivity index (χ0v) is 13.3. The number of nitrogens with zero attached hydrogens (tertiary/aromatic N) is 1. The van der Waals surface area contributed by atoms with Crippen molar-refractivity contribution in [3.8, 4) is 0 Å². The van der Waals surface area contributed by atoms with E-state index in [-0.39, 0.29) is 0 Å². The van der Waals surface area contributed by atoms with Gasteiger partial charge in [-0.2, -0.15) is 4.57 Å². The third-order valence-electron chi connectivity index (χ3n) is 3.47. The normalized spacial score (nSPS) is 26.6. The molecule has 13 heteroatoms. The molecule has 25 heavy (non-hydrogen) atoms. The average Bonchev–Trinajstić information content (AvgIpc) is 2.79. The number of ether oxygens (including phenoxy) is 1. The second-order valence-corrected chi connectivity index (χ2v) is 6.36. The number of pyridine rings is 1. The summed E-state index contributed by atoms with van der Waals surface area (Å²) in [7, 11) is -4.85. The lowest BCUT2D eigenvalue weighted by Gasteiger charge is -2.13. The van der Waals surface area contributed by atoms with Crippen LogP contribution >= 0.6 is 7.82 Å². The molecule has 1 aliphatic rings. The van der Waals surface area contributed by atoms with E-state index in [0.717, 1.165) is 16.8 Å². The number of aromatic nitrogens is 1. The molecule has 12 nitrogen and oxygen atoms in total. The van der Waals surface area contributed by atoms with Gasteiger partial charge in [0.05, 0.1) is 6.61 Å². The molecule has 1 saturated heterocycles. The number of hydrogen-bond acceptors (Lipinski definition) is 7. The SMILES string of the molecule is O=C(O)c1ccc[n+]([C@@H]2O[C@H](COP(=O)(O)O)[C@@H](O)[C@H]2O)c1C(=O)O. The lowest BCUT2D eigenvalue weighted by molar-refractivity contribution is -0.767. The molecule has 4 atom stereocenters. The predicted molar refractivity (Wildman–Crippen MR) is 74.5 cm³/mol. The largest absolute Gasteiger partial charge is 0.477 e. The van der Waals surface area contributed by atoms with Crippen LogP contribution < -0.4 is 4.57 Å². The maximum atomic E-state index is 11.4. The summed E-state index contributed by atoms with van der Waals surface area (Å²) < 4.78 is 21.0. The number of aliphatic hydroxyl groups is 2. The standard InChI is InChI=1S/C12H14NO11P/c14-8-6(4-23-25(20,21)22)24-10(9(8)15)13-3-1-2-5(11(16)17)7(13)12(18)19/h1-3,6,8-10,14-15H,4H2,(H3-,16,17,18,19,20,21,22)/p+1/t6-,8-,9-,10-/m1/s1. The van der Waals surface area contributed by atoms with Crippen molar-refractivity contribution in [1.82, 2.24) is 0 Å². The van der Waals surface area contributed by atoms with Crippen LogP contribution in [0, 0.1) is 0 Å². The van der Waals surface area contributed by atoms with E-state index < -0.39 is 62.2 Å². The second kappa shape index (κ2) is 7.14. The van der Waals surface area contributed by atoms with Crippen molar-refractivity contribution in [2.45, 2.75) is 24.5 Å². The highest BCUT2D eigenvalue weighted by Gasteiger charge is 2.50. The lowest BCUT2D eigenvalue weighted by atomic mass is 10.1. The molecule has 0 saturated carbocycles. The zero-order valence-electron chi connectivity index (χ0n) is 12.4. The van der Waals surface area contributed by atoms with Gasteiger partial charge in [0.1, 0.15) is 17.8 Å². The summed E-state index contributed by atoms with van der Waals surface area (Å²) in [6.07, 6.45) is -5.11. The van der Waals surface area contributed by atoms with Gasteiger partial charge in [-0.25, -0.2) is 14.2 Å². The number of phosphoric ester groups is 1. The van der Waals surface area contributed by atoms with Crippen molar-refractivity contribution in [2.75, 3.05) is 6.61 Å². The van der Waals surface area contributed by atoms with E-state index in [1.807, 2.05) is 0 Å². The summed E-state index contributed by atoms with van der Waals surface area (Å²) in [5, 5.41) is 38.3. The highest BCUT2D eigenvalue weighted by Crippen LogP contribution is 2.37. The third-order valence-corrected chi connectivity index (χ3v) is 3.96. The summed E-state index contributed by atoms with van der Waals surface area (Å²) in [6, 6.07) is 2.24. The van der Waals surface area contributed by atoms with Crippen molar-refractivity contribution in [1.29, 1.82) is 0 Å². The van der Waals surface area contributed by atoms with Crippen LogP contribution in [0.1, 0.15) is 27.1 Å². The van der Waals surface area contributed by atoms with Gasteiger partial charge in [0.25, 0.3) is 6.23 Å². The van der Waals surface area contributed by atoms with E-state index >= 15 is 0 Å². The summed E-state index contributed by atoms with van der Waals surface area (Å²) >= 11 is 0. The molecule has 0 aliphatic carbocycles. The van der Waals surface area contributed by atoms with Crippen molar-refractivity contribution in [3.05, 3.63) is 29.6 Å². The van der Waals surface area contributed by atoms with Gasteiger partial charge < -0.3 is 34.9 Å². The van der Waals surface area contributed by atoms with Crippen LogP contribution in [0.25, 0.3) is 0 Å². The second-order valence-electron chi connectivity index (χ2n) is 5.12. The number of rotatable bonds is 6. The van der Waals surface area contributed by atoms with E-state index in [2.05, 4.69) is 4.52 Å². The van der Waals surface area contributed by atoms with Crippen LogP contribution in [-0.4, -0.2) is 67.1 Å². The van der Waals surface area contributed by atoms with Gasteiger partial charge in [-0.15, -0.1) is 0 Å². The Labute approximate surface area is 139 Å². The molecule has 0 aromatic carbocycles. The van der Waals surface area contributed by atoms with E-state index in [1.54, 1.807) is 0 Å². The van der Waals surface area contributed by atoms with E-state index in [4.69, 9.17) is 19.6 Å². The summed E-state index contributed by atoms with van der Waals surface area (Å²) in [6.45, 7) is -0.777. The van der Waals surface area contributed by atoms with Crippen LogP contribution in [-0.2, 0) is 13.8 Å². The first kappa shape index (κ1) is 19.4. The molecule has 2 rings (SSSR count). The predicted octanol–water partition coefficient (Wildman–Crippen LogP) is -1.90. The smallest absolute Gasteiger partial charge is 0.469 e. The van der Waals surface area contributed by atoms with Crippen LogP contribution in [0.5, 0.6) is 0 Å². The Hall–Kier alpha value is -1.92. The third kappa shape index (κ3) is 4.19. The topological polar surface area (TPSA) is 195 Å². The van der Waals surface area contributed by atoms with Gasteiger partial charge in [0, 0.05) is 6.07 Å². The summed E-state index contributed by atoms with van der Waals surface area (Å²) in [4.78, 5) is 39.9. The molecule has 2 heterocycles. The summed E-state index contributed by atoms with van der Waals surface area (Å²) in [5.74, 6) is -3.14. The van der Waals surface area contributed by atoms with Crippen LogP contribution in [0.15, 0.2) is 18.3 Å². The molecule has 0 unspecified atom stereocenters. The Kier molecular flexibility index (Phi) is 5.54. The van der Waals surface area contributed by atoms with Crippen LogP contribution in [0.4, 0.5) is 0 Å². The Morgan fingerprint density at radius 3 is 2.36 bits per heavy atom. The highest BCUT2D eigenvalue weighted by molar-refractivity contribution is 7.46. The molecule has 0 amide bonds. The van der Waals surface area contributed by atoms with Gasteiger partial charge in [-0.3, -0.25) is 4.52 Å². The lowest BCUT2D eigenvalue weighted by Crippen LogP contribution is -2.51. The van der Waals surface area contributed by atoms with Crippen molar-refractivity contribution in [2.24, 2.45) is 0 Å². The maximum Gasteiger partial charge on any atom is 0.469 e. The Morgan fingerprint density at radius 2 is 1.84 bits per heavy atom. The molecule has 6 N–H and O–H groups in total. The quantitative estimate of drug-likeness (QED) is 0.238. The molecular weight excluding hydrogens is 365 g/mol. The Bertz CT molecular complexity index is 732. The number of aromatic carboxylic acids is 2. The Balaban J connectivity index is 2.36. The number of aliphatic hydroxyl groups excluding tert-OH is 2. The van der Waals surface area contributed by atoms with E-state index in [9.17, 15) is 29.5 Å². The van der Waals surface area contributed by atoms with Gasteiger partial charge in [-0.05, 0) is 6.07 Å². The first-order valence-corrected chi connectivity index (χ1v) is 8.28. The van der Waals surface area contributed by atoms with Crippen molar-refractivity contribution < 1.29 is 58.2 Å². The molecule has 1 aliphatic heterocycles. The summed E-state index contributed by atoms with van der Waals surface area (Å²) in [5.41, 5.74) is -1.28. The minimum atomic E-state index is -4.85. The average molecular weight is 380 g/mol. The molecular formula is C12H15NO11P+. The fraction of sp³-hybridized carbons (Fsp3) is 0.417. The first-order valence-electron chi connectivity index (χ1n) is 6.75. The number of carboxylic acid groups (broad SMARTS) is 2. The first-order chi connectivity index (χ1) is 11.5. The molecule has 1 fully saturated rings. The zero-order chi connectivity index (χ0) is 18.9. The van der Waals surface area contributed by atoms with Crippen molar-refractivity contribution >= 4 is 19.8 Å². The van der Waals surface area contributed by atoms with E-state index in [0.29, 0.717) is 0 Å². The molecule has 138 valence electrons. The Morgan fingerprint density at radius 1 is 1.20 bits per heavy atom. The van der Waals surface area contributed by atoms with E-state index in [1.165, 1.54) is 6.07 Å². The highest BCUT2D eigenvalue weighted by atomic mass is 31.2. The minimum absolute atomic E-state index is 0.574. The van der Waals surface area contributed by atoms with Crippen LogP contribution in [0.2, 0.25) is 0 Å². The fourth-order valence-electron chi connectivity index (χ4n) is 2.40. The van der Waals surface area contributed by atoms with Gasteiger partial charge in [-0.1, -0.05) is 0 Å². The number of phosphoric acid groups is 1. The molecule has 1 aromatic heterocycles. The molecule has 0 bridgehead atoms. The fourth-order valence-corrected chi connectivity index (χ4v) is 2.74. The van der Waals surface area contributed by atoms with Gasteiger partial charge in [0.2, 0.25) is 0 Å². The minimum Gasteiger partial charge on any atom is -0.477 e. The van der Waals surface area contributed by atoms with Gasteiger partial charge >= 0.3 is 25.5 Å². The monoisotopic (exact) mass is 380 g/mol. The van der Waals surface area contributed by atoms with Crippen LogP contribution in [0.3, 0.4) is 0 Å². The number of hydrogen-bond donors (Lipinski definition) is 6. The van der Waals surface area contributed by atoms with Gasteiger partial charge in [0.15, 0.2) is 12.3 Å². The molecule has 0 spiro atoms. The van der Waals surface area contributed by atoms with Crippen molar-refractivity contribution in [3.63, 3.8) is 0 Å². The maximum absolute atomic E-state index is 11.4. The molecule has 1 aromatic rings. The number of carboxylic acids is 2.